The van der Waals surface area contributed by atoms with Crippen LogP contribution < -0.4 is 5.32 Å². The van der Waals surface area contributed by atoms with Gasteiger partial charge in [-0.3, -0.25) is 9.89 Å². The van der Waals surface area contributed by atoms with Crippen LogP contribution in [-0.4, -0.2) is 32.6 Å². The largest absolute Gasteiger partial charge is 0.352 e. The minimum atomic E-state index is -0.287. The molecule has 0 saturated heterocycles. The summed E-state index contributed by atoms with van der Waals surface area (Å²) in [7, 11) is 0. The van der Waals surface area contributed by atoms with Gasteiger partial charge in [-0.25, -0.2) is 9.37 Å². The smallest absolute Gasteiger partial charge is 0.254 e. The first-order valence-electron chi connectivity index (χ1n) is 6.63. The predicted octanol–water partition coefficient (Wildman–Crippen LogP) is 1.79. The third kappa shape index (κ3) is 3.07. The maximum atomic E-state index is 13.1. The molecule has 2 aromatic heterocycles. The number of H-pyrrole nitrogens is 2. The highest BCUT2D eigenvalue weighted by Crippen LogP contribution is 2.13. The Morgan fingerprint density at radius 3 is 3.10 bits per heavy atom. The fourth-order valence-corrected chi connectivity index (χ4v) is 2.09. The zero-order valence-corrected chi connectivity index (χ0v) is 11.2. The van der Waals surface area contributed by atoms with Crippen LogP contribution in [0.15, 0.2) is 30.6 Å². The van der Waals surface area contributed by atoms with Crippen molar-refractivity contribution in [1.82, 2.24) is 25.5 Å². The highest BCUT2D eigenvalue weighted by Gasteiger charge is 2.06. The third-order valence-electron chi connectivity index (χ3n) is 3.13. The molecule has 0 aliphatic rings. The first-order chi connectivity index (χ1) is 10.2. The molecule has 0 unspecified atom stereocenters. The SMILES string of the molecule is O=C(NCCCc1nc2ccc(F)cc2[nH]1)c1cn[nH]c1. The molecule has 0 bridgehead atoms. The van der Waals surface area contributed by atoms with E-state index in [9.17, 15) is 9.18 Å². The Hall–Kier alpha value is -2.70. The molecule has 2 heterocycles. The number of nitrogens with one attached hydrogen (secondary N) is 3. The molecular weight excluding hydrogens is 273 g/mol. The number of aromatic amines is 2. The summed E-state index contributed by atoms with van der Waals surface area (Å²) < 4.78 is 13.1. The average Bonchev–Trinajstić information content (AvgIpc) is 3.11. The number of benzene rings is 1. The number of aromatic nitrogens is 4. The monoisotopic (exact) mass is 287 g/mol. The van der Waals surface area contributed by atoms with Crippen molar-refractivity contribution in [3.05, 3.63) is 47.8 Å². The lowest BCUT2D eigenvalue weighted by atomic mass is 10.3. The van der Waals surface area contributed by atoms with Crippen molar-refractivity contribution in [2.75, 3.05) is 6.54 Å². The molecule has 21 heavy (non-hydrogen) atoms. The van der Waals surface area contributed by atoms with Crippen molar-refractivity contribution in [2.45, 2.75) is 12.8 Å². The van der Waals surface area contributed by atoms with Gasteiger partial charge in [-0.2, -0.15) is 5.10 Å². The zero-order chi connectivity index (χ0) is 14.7. The predicted molar refractivity (Wildman–Crippen MR) is 75.3 cm³/mol. The summed E-state index contributed by atoms with van der Waals surface area (Å²) in [5.74, 6) is 0.341. The van der Waals surface area contributed by atoms with Crippen LogP contribution in [-0.2, 0) is 6.42 Å². The van der Waals surface area contributed by atoms with Gasteiger partial charge in [0.1, 0.15) is 11.6 Å². The number of halogens is 1. The van der Waals surface area contributed by atoms with Gasteiger partial charge in [-0.1, -0.05) is 0 Å². The lowest BCUT2D eigenvalue weighted by molar-refractivity contribution is 0.0953. The van der Waals surface area contributed by atoms with E-state index in [1.807, 2.05) is 0 Å². The van der Waals surface area contributed by atoms with E-state index < -0.39 is 0 Å². The summed E-state index contributed by atoms with van der Waals surface area (Å²) >= 11 is 0. The molecule has 108 valence electrons. The number of hydrogen-bond donors (Lipinski definition) is 3. The first kappa shape index (κ1) is 13.3. The Labute approximate surface area is 119 Å². The number of fused-ring (bicyclic) bond motifs is 1. The molecule has 0 radical (unpaired) electrons. The molecule has 3 N–H and O–H groups in total. The lowest BCUT2D eigenvalue weighted by Crippen LogP contribution is -2.24. The minimum absolute atomic E-state index is 0.157. The Kier molecular flexibility index (Phi) is 3.63. The van der Waals surface area contributed by atoms with E-state index in [1.54, 1.807) is 12.3 Å². The van der Waals surface area contributed by atoms with E-state index in [2.05, 4.69) is 25.5 Å². The van der Waals surface area contributed by atoms with Crippen molar-refractivity contribution in [3.8, 4) is 0 Å². The van der Waals surface area contributed by atoms with Crippen LogP contribution in [0.25, 0.3) is 11.0 Å². The quantitative estimate of drug-likeness (QED) is 0.625. The average molecular weight is 287 g/mol. The van der Waals surface area contributed by atoms with Gasteiger partial charge in [-0.15, -0.1) is 0 Å². The molecule has 6 nitrogen and oxygen atoms in total. The molecule has 0 atom stereocenters. The van der Waals surface area contributed by atoms with Crippen LogP contribution in [0.4, 0.5) is 4.39 Å². The summed E-state index contributed by atoms with van der Waals surface area (Å²) in [6.07, 6.45) is 4.44. The van der Waals surface area contributed by atoms with Crippen molar-refractivity contribution in [3.63, 3.8) is 0 Å². The van der Waals surface area contributed by atoms with Gasteiger partial charge < -0.3 is 10.3 Å². The van der Waals surface area contributed by atoms with Crippen LogP contribution in [0.2, 0.25) is 0 Å². The van der Waals surface area contributed by atoms with Gasteiger partial charge >= 0.3 is 0 Å². The van der Waals surface area contributed by atoms with Gasteiger partial charge in [-0.05, 0) is 24.6 Å². The molecule has 0 aliphatic carbocycles. The number of hydrogen-bond acceptors (Lipinski definition) is 3. The van der Waals surface area contributed by atoms with E-state index in [0.717, 1.165) is 17.8 Å². The fourth-order valence-electron chi connectivity index (χ4n) is 2.09. The molecule has 3 rings (SSSR count). The Morgan fingerprint density at radius 2 is 2.29 bits per heavy atom. The number of imidazole rings is 1. The van der Waals surface area contributed by atoms with Crippen LogP contribution >= 0.6 is 0 Å². The van der Waals surface area contributed by atoms with Crippen LogP contribution in [0, 0.1) is 5.82 Å². The maximum Gasteiger partial charge on any atom is 0.254 e. The second-order valence-corrected chi connectivity index (χ2v) is 4.69. The van der Waals surface area contributed by atoms with E-state index >= 15 is 0 Å². The van der Waals surface area contributed by atoms with Gasteiger partial charge in [0.15, 0.2) is 0 Å². The van der Waals surface area contributed by atoms with Crippen molar-refractivity contribution in [1.29, 1.82) is 0 Å². The summed E-state index contributed by atoms with van der Waals surface area (Å²) in [5.41, 5.74) is 1.94. The summed E-state index contributed by atoms with van der Waals surface area (Å²) in [6, 6.07) is 4.45. The highest BCUT2D eigenvalue weighted by atomic mass is 19.1. The van der Waals surface area contributed by atoms with E-state index in [1.165, 1.54) is 18.3 Å². The second kappa shape index (κ2) is 5.74. The van der Waals surface area contributed by atoms with Crippen molar-refractivity contribution in [2.24, 2.45) is 0 Å². The third-order valence-corrected chi connectivity index (χ3v) is 3.13. The highest BCUT2D eigenvalue weighted by molar-refractivity contribution is 5.93. The number of carbonyl (C=O) groups is 1. The number of aryl methyl sites for hydroxylation is 1. The van der Waals surface area contributed by atoms with Crippen molar-refractivity contribution >= 4 is 16.9 Å². The van der Waals surface area contributed by atoms with E-state index in [0.29, 0.717) is 24.0 Å². The molecule has 3 aromatic rings. The number of nitrogens with zero attached hydrogens (tertiary/aromatic N) is 2. The van der Waals surface area contributed by atoms with Crippen LogP contribution in [0.3, 0.4) is 0 Å². The molecule has 0 spiro atoms. The zero-order valence-electron chi connectivity index (χ0n) is 11.2. The summed E-state index contributed by atoms with van der Waals surface area (Å²) in [6.45, 7) is 0.537. The Balaban J connectivity index is 1.51. The molecule has 0 fully saturated rings. The minimum Gasteiger partial charge on any atom is -0.352 e. The molecule has 1 aromatic carbocycles. The van der Waals surface area contributed by atoms with Crippen LogP contribution in [0.5, 0.6) is 0 Å². The Morgan fingerprint density at radius 1 is 1.38 bits per heavy atom. The molecule has 7 heteroatoms. The number of carbonyl (C=O) groups excluding carboxylic acids is 1. The van der Waals surface area contributed by atoms with Gasteiger partial charge in [0.05, 0.1) is 22.8 Å². The first-order valence-corrected chi connectivity index (χ1v) is 6.63. The normalized spacial score (nSPS) is 10.9. The maximum absolute atomic E-state index is 13.1. The topological polar surface area (TPSA) is 86.5 Å². The summed E-state index contributed by atoms with van der Waals surface area (Å²) in [5, 5.41) is 9.11. The van der Waals surface area contributed by atoms with Crippen LogP contribution in [0.1, 0.15) is 22.6 Å². The lowest BCUT2D eigenvalue weighted by Gasteiger charge is -2.01. The van der Waals surface area contributed by atoms with Crippen molar-refractivity contribution < 1.29 is 9.18 Å². The molecule has 0 aliphatic heterocycles. The standard InChI is InChI=1S/C14H14FN5O/c15-10-3-4-11-12(6-10)20-13(19-11)2-1-5-16-14(21)9-7-17-18-8-9/h3-4,6-8H,1-2,5H2,(H,16,21)(H,17,18)(H,19,20). The van der Waals surface area contributed by atoms with E-state index in [4.69, 9.17) is 0 Å². The fraction of sp³-hybridized carbons (Fsp3) is 0.214. The number of rotatable bonds is 5. The Bertz CT molecular complexity index is 750. The molecule has 0 saturated carbocycles. The summed E-state index contributed by atoms with van der Waals surface area (Å²) in [4.78, 5) is 19.1. The molecular formula is C14H14FN5O. The number of amides is 1. The molecule has 1 amide bonds. The van der Waals surface area contributed by atoms with Gasteiger partial charge in [0, 0.05) is 19.2 Å². The van der Waals surface area contributed by atoms with Gasteiger partial charge in [0.25, 0.3) is 5.91 Å². The van der Waals surface area contributed by atoms with Gasteiger partial charge in [0.2, 0.25) is 0 Å². The van der Waals surface area contributed by atoms with E-state index in [-0.39, 0.29) is 11.7 Å². The second-order valence-electron chi connectivity index (χ2n) is 4.69.